The molecule has 1 saturated heterocycles. The summed E-state index contributed by atoms with van der Waals surface area (Å²) in [6.07, 6.45) is -4.65. The molecule has 0 aliphatic carbocycles. The molecule has 2 unspecified atom stereocenters. The van der Waals surface area contributed by atoms with E-state index in [4.69, 9.17) is 10.5 Å². The second kappa shape index (κ2) is 4.61. The van der Waals surface area contributed by atoms with Gasteiger partial charge in [-0.25, -0.2) is 0 Å². The fourth-order valence-electron chi connectivity index (χ4n) is 1.71. The summed E-state index contributed by atoms with van der Waals surface area (Å²) in [6, 6.07) is 0. The highest BCUT2D eigenvalue weighted by molar-refractivity contribution is 4.95. The van der Waals surface area contributed by atoms with Crippen LogP contribution in [0.3, 0.4) is 0 Å². The van der Waals surface area contributed by atoms with E-state index in [1.54, 1.807) is 0 Å². The normalized spacial score (nSPS) is 25.4. The number of aromatic nitrogens is 2. The van der Waals surface area contributed by atoms with Crippen molar-refractivity contribution in [2.75, 3.05) is 6.54 Å². The minimum Gasteiger partial charge on any atom is -0.366 e. The van der Waals surface area contributed by atoms with Gasteiger partial charge in [-0.15, -0.1) is 0 Å². The van der Waals surface area contributed by atoms with Gasteiger partial charge in [0.15, 0.2) is 0 Å². The van der Waals surface area contributed by atoms with E-state index in [-0.39, 0.29) is 11.9 Å². The number of nitrogens with zero attached hydrogens (tertiary/aromatic N) is 2. The fourth-order valence-corrected chi connectivity index (χ4v) is 1.71. The highest BCUT2D eigenvalue weighted by Gasteiger charge is 2.33. The zero-order valence-corrected chi connectivity index (χ0v) is 8.91. The molecule has 0 saturated carbocycles. The predicted octanol–water partition coefficient (Wildman–Crippen LogP) is 1.35. The van der Waals surface area contributed by atoms with Crippen LogP contribution in [0.15, 0.2) is 4.52 Å². The van der Waals surface area contributed by atoms with Crippen LogP contribution >= 0.6 is 0 Å². The van der Waals surface area contributed by atoms with E-state index in [2.05, 4.69) is 14.7 Å². The average molecular weight is 251 g/mol. The smallest absolute Gasteiger partial charge is 0.366 e. The zero-order valence-electron chi connectivity index (χ0n) is 8.91. The summed E-state index contributed by atoms with van der Waals surface area (Å²) in [4.78, 5) is 3.68. The third kappa shape index (κ3) is 3.16. The van der Waals surface area contributed by atoms with Crippen molar-refractivity contribution in [3.63, 3.8) is 0 Å². The number of ether oxygens (including phenoxy) is 1. The molecule has 1 aliphatic rings. The van der Waals surface area contributed by atoms with Gasteiger partial charge in [-0.2, -0.15) is 18.2 Å². The SMILES string of the molecule is NCC1CCC(c2noc(CC(F)(F)F)n2)O1. The van der Waals surface area contributed by atoms with Gasteiger partial charge in [0.05, 0.1) is 6.10 Å². The molecular formula is C9H12F3N3O2. The molecule has 2 heterocycles. The lowest BCUT2D eigenvalue weighted by atomic mass is 10.2. The van der Waals surface area contributed by atoms with Crippen LogP contribution in [0.1, 0.15) is 30.7 Å². The van der Waals surface area contributed by atoms with Crippen molar-refractivity contribution in [2.24, 2.45) is 5.73 Å². The molecule has 1 aliphatic heterocycles. The van der Waals surface area contributed by atoms with Crippen molar-refractivity contribution in [1.82, 2.24) is 10.1 Å². The minimum atomic E-state index is -4.35. The largest absolute Gasteiger partial charge is 0.397 e. The third-order valence-corrected chi connectivity index (χ3v) is 2.49. The summed E-state index contributed by atoms with van der Waals surface area (Å²) in [7, 11) is 0. The van der Waals surface area contributed by atoms with E-state index in [1.807, 2.05) is 0 Å². The standard InChI is InChI=1S/C9H12F3N3O2/c10-9(11,12)3-7-14-8(15-17-7)6-2-1-5(4-13)16-6/h5-6H,1-4,13H2. The molecule has 0 amide bonds. The van der Waals surface area contributed by atoms with Gasteiger partial charge in [-0.1, -0.05) is 5.16 Å². The topological polar surface area (TPSA) is 74.2 Å². The van der Waals surface area contributed by atoms with Crippen molar-refractivity contribution >= 4 is 0 Å². The number of rotatable bonds is 3. The second-order valence-electron chi connectivity index (χ2n) is 3.90. The number of alkyl halides is 3. The molecule has 96 valence electrons. The van der Waals surface area contributed by atoms with Crippen LogP contribution in [0.2, 0.25) is 0 Å². The Kier molecular flexibility index (Phi) is 3.34. The summed E-state index contributed by atoms with van der Waals surface area (Å²) in [5.74, 6) is -0.271. The maximum atomic E-state index is 12.1. The summed E-state index contributed by atoms with van der Waals surface area (Å²) in [6.45, 7) is 0.379. The molecule has 2 atom stereocenters. The molecule has 0 bridgehead atoms. The van der Waals surface area contributed by atoms with Crippen LogP contribution in [0.4, 0.5) is 13.2 Å². The van der Waals surface area contributed by atoms with Crippen LogP contribution in [-0.2, 0) is 11.2 Å². The maximum absolute atomic E-state index is 12.1. The Bertz CT molecular complexity index is 380. The van der Waals surface area contributed by atoms with Crippen LogP contribution in [-0.4, -0.2) is 29.0 Å². The van der Waals surface area contributed by atoms with Gasteiger partial charge in [-0.3, -0.25) is 0 Å². The lowest BCUT2D eigenvalue weighted by Gasteiger charge is -2.07. The van der Waals surface area contributed by atoms with Crippen LogP contribution in [0.25, 0.3) is 0 Å². The molecule has 1 aromatic heterocycles. The van der Waals surface area contributed by atoms with Gasteiger partial charge in [0.2, 0.25) is 11.7 Å². The van der Waals surface area contributed by atoms with E-state index in [0.717, 1.165) is 6.42 Å². The lowest BCUT2D eigenvalue weighted by Crippen LogP contribution is -2.19. The highest BCUT2D eigenvalue weighted by Crippen LogP contribution is 2.31. The number of halogens is 3. The number of hydrogen-bond acceptors (Lipinski definition) is 5. The molecular weight excluding hydrogens is 239 g/mol. The molecule has 1 aromatic rings. The first-order valence-electron chi connectivity index (χ1n) is 5.22. The zero-order chi connectivity index (χ0) is 12.5. The Morgan fingerprint density at radius 3 is 2.71 bits per heavy atom. The Hall–Kier alpha value is -1.15. The number of nitrogens with two attached hydrogens (primary N) is 1. The minimum absolute atomic E-state index is 0.0791. The summed E-state index contributed by atoms with van der Waals surface area (Å²) < 4.78 is 46.2. The van der Waals surface area contributed by atoms with Gasteiger partial charge in [0.1, 0.15) is 12.5 Å². The highest BCUT2D eigenvalue weighted by atomic mass is 19.4. The van der Waals surface area contributed by atoms with Gasteiger partial charge in [0, 0.05) is 6.54 Å². The molecule has 1 fully saturated rings. The molecule has 5 nitrogen and oxygen atoms in total. The van der Waals surface area contributed by atoms with Crippen molar-refractivity contribution in [2.45, 2.75) is 37.6 Å². The summed E-state index contributed by atoms with van der Waals surface area (Å²) in [5, 5.41) is 3.50. The molecule has 8 heteroatoms. The summed E-state index contributed by atoms with van der Waals surface area (Å²) in [5.41, 5.74) is 5.42. The first-order valence-corrected chi connectivity index (χ1v) is 5.22. The quantitative estimate of drug-likeness (QED) is 0.877. The third-order valence-electron chi connectivity index (χ3n) is 2.49. The monoisotopic (exact) mass is 251 g/mol. The van der Waals surface area contributed by atoms with Crippen molar-refractivity contribution in [1.29, 1.82) is 0 Å². The Morgan fingerprint density at radius 1 is 1.35 bits per heavy atom. The lowest BCUT2D eigenvalue weighted by molar-refractivity contribution is -0.131. The molecule has 0 spiro atoms. The second-order valence-corrected chi connectivity index (χ2v) is 3.90. The van der Waals surface area contributed by atoms with Gasteiger partial charge < -0.3 is 15.0 Å². The van der Waals surface area contributed by atoms with E-state index >= 15 is 0 Å². The molecule has 2 rings (SSSR count). The van der Waals surface area contributed by atoms with Crippen molar-refractivity contribution in [3.8, 4) is 0 Å². The van der Waals surface area contributed by atoms with Gasteiger partial charge >= 0.3 is 6.18 Å². The van der Waals surface area contributed by atoms with Crippen molar-refractivity contribution < 1.29 is 22.4 Å². The van der Waals surface area contributed by atoms with Crippen LogP contribution < -0.4 is 5.73 Å². The fraction of sp³-hybridized carbons (Fsp3) is 0.778. The molecule has 0 aromatic carbocycles. The molecule has 2 N–H and O–H groups in total. The number of hydrogen-bond donors (Lipinski definition) is 1. The predicted molar refractivity (Wildman–Crippen MR) is 50.0 cm³/mol. The van der Waals surface area contributed by atoms with E-state index < -0.39 is 24.6 Å². The van der Waals surface area contributed by atoms with Crippen LogP contribution in [0.5, 0.6) is 0 Å². The summed E-state index contributed by atoms with van der Waals surface area (Å²) >= 11 is 0. The van der Waals surface area contributed by atoms with Crippen LogP contribution in [0, 0.1) is 0 Å². The molecule has 0 radical (unpaired) electrons. The van der Waals surface area contributed by atoms with Gasteiger partial charge in [0.25, 0.3) is 0 Å². The van der Waals surface area contributed by atoms with Gasteiger partial charge in [-0.05, 0) is 12.8 Å². The first-order chi connectivity index (χ1) is 7.98. The first kappa shape index (κ1) is 12.3. The molecule has 17 heavy (non-hydrogen) atoms. The Balaban J connectivity index is 1.99. The van der Waals surface area contributed by atoms with E-state index in [0.29, 0.717) is 13.0 Å². The Morgan fingerprint density at radius 2 is 2.12 bits per heavy atom. The van der Waals surface area contributed by atoms with Crippen molar-refractivity contribution in [3.05, 3.63) is 11.7 Å². The average Bonchev–Trinajstić information content (AvgIpc) is 2.82. The Labute approximate surface area is 95.1 Å². The maximum Gasteiger partial charge on any atom is 0.397 e. The van der Waals surface area contributed by atoms with E-state index in [9.17, 15) is 13.2 Å². The van der Waals surface area contributed by atoms with E-state index in [1.165, 1.54) is 0 Å².